The summed E-state index contributed by atoms with van der Waals surface area (Å²) < 4.78 is 2.45. The van der Waals surface area contributed by atoms with Gasteiger partial charge in [0.25, 0.3) is 0 Å². The van der Waals surface area contributed by atoms with Gasteiger partial charge in [0.2, 0.25) is 0 Å². The Hall–Kier alpha value is 1.04. The van der Waals surface area contributed by atoms with Gasteiger partial charge in [-0.2, -0.15) is 0 Å². The molecule has 9 heavy (non-hydrogen) atoms. The lowest BCUT2D eigenvalue weighted by atomic mass is 10.2. The molecule has 0 unspecified atom stereocenters. The molecule has 0 aromatic carbocycles. The molecular weight excluding hydrogens is 245 g/mol. The third-order valence-electron chi connectivity index (χ3n) is 1.66. The lowest BCUT2D eigenvalue weighted by Gasteiger charge is -2.12. The average molecular weight is 257 g/mol. The number of halogens is 1. The number of nitrogens with zero attached hydrogens (tertiary/aromatic N) is 1. The van der Waals surface area contributed by atoms with Crippen molar-refractivity contribution in [3.63, 3.8) is 0 Å². The quantitative estimate of drug-likeness (QED) is 0.525. The molecule has 54 valence electrons. The monoisotopic (exact) mass is 257 g/mol. The first kappa shape index (κ1) is 8.14. The maximum absolute atomic E-state index is 2.45. The van der Waals surface area contributed by atoms with Gasteiger partial charge in [0.05, 0.1) is 0 Å². The molecule has 1 rings (SSSR count). The fourth-order valence-corrected chi connectivity index (χ4v) is 2.69. The van der Waals surface area contributed by atoms with Crippen molar-refractivity contribution in [2.45, 2.75) is 25.7 Å². The van der Waals surface area contributed by atoms with Crippen molar-refractivity contribution in [1.29, 1.82) is 0 Å². The Kier molecular flexibility index (Phi) is 4.34. The van der Waals surface area contributed by atoms with E-state index in [2.05, 4.69) is 25.5 Å². The molecule has 1 heterocycles. The first-order valence-corrected chi connectivity index (χ1v) is 6.79. The topological polar surface area (TPSA) is 3.24 Å². The van der Waals surface area contributed by atoms with Crippen LogP contribution < -0.4 is 0 Å². The van der Waals surface area contributed by atoms with Crippen LogP contribution in [0.3, 0.4) is 0 Å². The Balaban J connectivity index is 2.18. The van der Waals surface area contributed by atoms with Crippen molar-refractivity contribution in [2.75, 3.05) is 13.1 Å². The van der Waals surface area contributed by atoms with Crippen LogP contribution in [0.1, 0.15) is 25.7 Å². The summed E-state index contributed by atoms with van der Waals surface area (Å²) in [5.74, 6) is 0. The van der Waals surface area contributed by atoms with Gasteiger partial charge in [-0.05, 0) is 22.0 Å². The molecule has 0 bridgehead atoms. The Morgan fingerprint density at radius 1 is 1.00 bits per heavy atom. The zero-order valence-corrected chi connectivity index (χ0v) is 8.45. The standard InChI is InChI=1S/C6H12INS/c7-9-8-5-3-1-2-4-6-8/h1-6H2. The SMILES string of the molecule is ISN1CCCCCC1. The molecule has 0 saturated carbocycles. The molecule has 0 aliphatic carbocycles. The van der Waals surface area contributed by atoms with Gasteiger partial charge in [0.1, 0.15) is 0 Å². The summed E-state index contributed by atoms with van der Waals surface area (Å²) in [5.41, 5.74) is 0. The Morgan fingerprint density at radius 3 is 2.00 bits per heavy atom. The van der Waals surface area contributed by atoms with E-state index in [4.69, 9.17) is 0 Å². The highest BCUT2D eigenvalue weighted by Gasteiger charge is 2.06. The molecule has 0 aromatic rings. The fraction of sp³-hybridized carbons (Fsp3) is 1.00. The maximum atomic E-state index is 2.45. The molecular formula is C6H12INS. The van der Waals surface area contributed by atoms with Crippen molar-refractivity contribution in [3.05, 3.63) is 0 Å². The van der Waals surface area contributed by atoms with Gasteiger partial charge >= 0.3 is 0 Å². The zero-order valence-electron chi connectivity index (χ0n) is 5.48. The summed E-state index contributed by atoms with van der Waals surface area (Å²) in [6.07, 6.45) is 5.67. The molecule has 1 fully saturated rings. The summed E-state index contributed by atoms with van der Waals surface area (Å²) in [6.45, 7) is 2.60. The largest absolute Gasteiger partial charge is 0.242 e. The van der Waals surface area contributed by atoms with E-state index in [-0.39, 0.29) is 0 Å². The Bertz CT molecular complexity index is 71.5. The summed E-state index contributed by atoms with van der Waals surface area (Å²) in [5, 5.41) is 0. The third-order valence-corrected chi connectivity index (χ3v) is 3.89. The maximum Gasteiger partial charge on any atom is 0.0146 e. The van der Waals surface area contributed by atoms with Crippen LogP contribution in [-0.4, -0.2) is 17.4 Å². The van der Waals surface area contributed by atoms with E-state index in [1.807, 2.05) is 9.12 Å². The molecule has 0 radical (unpaired) electrons. The molecule has 0 N–H and O–H groups in total. The van der Waals surface area contributed by atoms with Crippen LogP contribution >= 0.6 is 30.3 Å². The summed E-state index contributed by atoms with van der Waals surface area (Å²) in [6, 6.07) is 0. The molecule has 3 heteroatoms. The van der Waals surface area contributed by atoms with Crippen molar-refractivity contribution < 1.29 is 0 Å². The van der Waals surface area contributed by atoms with E-state index >= 15 is 0 Å². The number of rotatable bonds is 1. The van der Waals surface area contributed by atoms with E-state index in [1.165, 1.54) is 38.8 Å². The zero-order chi connectivity index (χ0) is 6.53. The van der Waals surface area contributed by atoms with E-state index in [1.54, 1.807) is 0 Å². The number of hydrogen-bond donors (Lipinski definition) is 0. The lowest BCUT2D eigenvalue weighted by Crippen LogP contribution is -2.13. The van der Waals surface area contributed by atoms with Crippen LogP contribution in [0, 0.1) is 0 Å². The molecule has 0 atom stereocenters. The van der Waals surface area contributed by atoms with Crippen LogP contribution in [-0.2, 0) is 0 Å². The highest BCUT2D eigenvalue weighted by atomic mass is 127. The average Bonchev–Trinajstić information content (AvgIpc) is 2.13. The Morgan fingerprint density at radius 2 is 1.56 bits per heavy atom. The number of hydrogen-bond acceptors (Lipinski definition) is 2. The van der Waals surface area contributed by atoms with Gasteiger partial charge in [-0.1, -0.05) is 12.8 Å². The summed E-state index contributed by atoms with van der Waals surface area (Å²) >= 11 is 2.37. The predicted octanol–water partition coefficient (Wildman–Crippen LogP) is 2.86. The molecule has 0 amide bonds. The molecule has 1 aliphatic heterocycles. The molecule has 1 nitrogen and oxygen atoms in total. The van der Waals surface area contributed by atoms with Gasteiger partial charge in [0.15, 0.2) is 0 Å². The lowest BCUT2D eigenvalue weighted by molar-refractivity contribution is 0.495. The van der Waals surface area contributed by atoms with Gasteiger partial charge < -0.3 is 0 Å². The first-order valence-electron chi connectivity index (χ1n) is 3.47. The van der Waals surface area contributed by atoms with Crippen LogP contribution in [0.15, 0.2) is 0 Å². The normalized spacial score (nSPS) is 23.7. The van der Waals surface area contributed by atoms with Crippen LogP contribution in [0.25, 0.3) is 0 Å². The Labute approximate surface area is 73.3 Å². The fourth-order valence-electron chi connectivity index (χ4n) is 1.11. The highest BCUT2D eigenvalue weighted by molar-refractivity contribution is 14.2. The summed E-state index contributed by atoms with van der Waals surface area (Å²) in [7, 11) is 1.86. The smallest absolute Gasteiger partial charge is 0.0146 e. The second-order valence-corrected chi connectivity index (χ2v) is 4.25. The second kappa shape index (κ2) is 4.79. The van der Waals surface area contributed by atoms with Crippen molar-refractivity contribution in [2.24, 2.45) is 0 Å². The molecule has 0 aromatic heterocycles. The first-order chi connectivity index (χ1) is 4.43. The third kappa shape index (κ3) is 3.09. The van der Waals surface area contributed by atoms with Crippen molar-refractivity contribution in [3.8, 4) is 0 Å². The van der Waals surface area contributed by atoms with E-state index in [0.29, 0.717) is 0 Å². The van der Waals surface area contributed by atoms with Gasteiger partial charge in [-0.25, -0.2) is 4.31 Å². The predicted molar refractivity (Wildman–Crippen MR) is 51.7 cm³/mol. The van der Waals surface area contributed by atoms with Gasteiger partial charge in [-0.15, -0.1) is 0 Å². The minimum atomic E-state index is 1.30. The van der Waals surface area contributed by atoms with E-state index in [0.717, 1.165) is 0 Å². The minimum absolute atomic E-state index is 1.30. The van der Waals surface area contributed by atoms with Crippen LogP contribution in [0.4, 0.5) is 0 Å². The van der Waals surface area contributed by atoms with Gasteiger partial charge in [-0.3, -0.25) is 0 Å². The summed E-state index contributed by atoms with van der Waals surface area (Å²) in [4.78, 5) is 0. The van der Waals surface area contributed by atoms with Crippen LogP contribution in [0.2, 0.25) is 0 Å². The van der Waals surface area contributed by atoms with E-state index < -0.39 is 0 Å². The van der Waals surface area contributed by atoms with E-state index in [9.17, 15) is 0 Å². The van der Waals surface area contributed by atoms with Crippen LogP contribution in [0.5, 0.6) is 0 Å². The highest BCUT2D eigenvalue weighted by Crippen LogP contribution is 2.22. The second-order valence-electron chi connectivity index (χ2n) is 2.41. The molecule has 0 spiro atoms. The molecule has 1 saturated heterocycles. The molecule has 1 aliphatic rings. The minimum Gasteiger partial charge on any atom is -0.242 e. The van der Waals surface area contributed by atoms with Gasteiger partial charge in [0, 0.05) is 34.3 Å². The van der Waals surface area contributed by atoms with Crippen molar-refractivity contribution >= 4 is 30.3 Å². The van der Waals surface area contributed by atoms with Crippen molar-refractivity contribution in [1.82, 2.24) is 4.31 Å².